The Balaban J connectivity index is 2.61. The molecule has 1 unspecified atom stereocenters. The molecular formula is C15H17NO2. The van der Waals surface area contributed by atoms with Gasteiger partial charge in [-0.25, -0.2) is 0 Å². The topological polar surface area (TPSA) is 39.2 Å². The van der Waals surface area contributed by atoms with Crippen LogP contribution in [-0.2, 0) is 9.53 Å². The lowest BCUT2D eigenvalue weighted by Gasteiger charge is -2.20. The lowest BCUT2D eigenvalue weighted by Crippen LogP contribution is -2.19. The van der Waals surface area contributed by atoms with E-state index in [1.165, 1.54) is 7.11 Å². The van der Waals surface area contributed by atoms with Gasteiger partial charge in [-0.3, -0.25) is 9.78 Å². The second-order valence-electron chi connectivity index (χ2n) is 4.69. The SMILES string of the molecule is COC(=O)C(c1cccc2ccncc12)C(C)C. The molecule has 2 aromatic rings. The van der Waals surface area contributed by atoms with Crippen LogP contribution in [0, 0.1) is 5.92 Å². The van der Waals surface area contributed by atoms with Gasteiger partial charge in [0.2, 0.25) is 0 Å². The molecule has 3 nitrogen and oxygen atoms in total. The number of carbonyl (C=O) groups is 1. The largest absolute Gasteiger partial charge is 0.469 e. The van der Waals surface area contributed by atoms with Gasteiger partial charge in [0, 0.05) is 17.8 Å². The minimum Gasteiger partial charge on any atom is -0.469 e. The highest BCUT2D eigenvalue weighted by molar-refractivity contribution is 5.90. The molecule has 0 spiro atoms. The summed E-state index contributed by atoms with van der Waals surface area (Å²) in [5.41, 5.74) is 0.988. The van der Waals surface area contributed by atoms with Crippen LogP contribution in [0.15, 0.2) is 36.7 Å². The van der Waals surface area contributed by atoms with E-state index in [2.05, 4.69) is 4.98 Å². The fraction of sp³-hybridized carbons (Fsp3) is 0.333. The Morgan fingerprint density at radius 3 is 2.72 bits per heavy atom. The molecule has 0 amide bonds. The van der Waals surface area contributed by atoms with Crippen LogP contribution in [0.2, 0.25) is 0 Å². The predicted molar refractivity (Wildman–Crippen MR) is 71.3 cm³/mol. The van der Waals surface area contributed by atoms with E-state index >= 15 is 0 Å². The number of esters is 1. The van der Waals surface area contributed by atoms with Gasteiger partial charge < -0.3 is 4.74 Å². The third-order valence-electron chi connectivity index (χ3n) is 3.17. The summed E-state index contributed by atoms with van der Waals surface area (Å²) in [5.74, 6) is -0.257. The van der Waals surface area contributed by atoms with Crippen LogP contribution >= 0.6 is 0 Å². The first kappa shape index (κ1) is 12.6. The lowest BCUT2D eigenvalue weighted by atomic mass is 9.86. The number of carbonyl (C=O) groups excluding carboxylic acids is 1. The van der Waals surface area contributed by atoms with Crippen molar-refractivity contribution in [2.24, 2.45) is 5.92 Å². The first-order valence-corrected chi connectivity index (χ1v) is 6.05. The van der Waals surface area contributed by atoms with Gasteiger partial charge >= 0.3 is 5.97 Å². The molecule has 1 atom stereocenters. The third kappa shape index (κ3) is 2.21. The van der Waals surface area contributed by atoms with E-state index in [1.54, 1.807) is 6.20 Å². The molecule has 0 saturated heterocycles. The van der Waals surface area contributed by atoms with E-state index in [0.717, 1.165) is 16.3 Å². The number of ether oxygens (including phenoxy) is 1. The van der Waals surface area contributed by atoms with Crippen molar-refractivity contribution in [1.29, 1.82) is 0 Å². The monoisotopic (exact) mass is 243 g/mol. The summed E-state index contributed by atoms with van der Waals surface area (Å²) in [6.07, 6.45) is 3.57. The Morgan fingerprint density at radius 2 is 2.06 bits per heavy atom. The first-order chi connectivity index (χ1) is 8.65. The fourth-order valence-electron chi connectivity index (χ4n) is 2.29. The van der Waals surface area contributed by atoms with Crippen LogP contribution in [0.5, 0.6) is 0 Å². The van der Waals surface area contributed by atoms with Gasteiger partial charge in [0.25, 0.3) is 0 Å². The quantitative estimate of drug-likeness (QED) is 0.777. The van der Waals surface area contributed by atoms with Crippen LogP contribution in [0.1, 0.15) is 25.3 Å². The van der Waals surface area contributed by atoms with Crippen LogP contribution in [-0.4, -0.2) is 18.1 Å². The summed E-state index contributed by atoms with van der Waals surface area (Å²) in [6, 6.07) is 7.92. The van der Waals surface area contributed by atoms with Crippen molar-refractivity contribution in [3.63, 3.8) is 0 Å². The molecule has 0 bridgehead atoms. The van der Waals surface area contributed by atoms with Crippen molar-refractivity contribution < 1.29 is 9.53 Å². The van der Waals surface area contributed by atoms with E-state index in [1.807, 2.05) is 44.3 Å². The molecule has 18 heavy (non-hydrogen) atoms. The molecule has 0 aliphatic heterocycles. The van der Waals surface area contributed by atoms with Crippen molar-refractivity contribution in [2.45, 2.75) is 19.8 Å². The fourth-order valence-corrected chi connectivity index (χ4v) is 2.29. The molecule has 0 fully saturated rings. The highest BCUT2D eigenvalue weighted by atomic mass is 16.5. The van der Waals surface area contributed by atoms with Gasteiger partial charge in [-0.1, -0.05) is 32.0 Å². The molecule has 3 heteroatoms. The second kappa shape index (κ2) is 5.17. The molecule has 0 radical (unpaired) electrons. The zero-order valence-corrected chi connectivity index (χ0v) is 10.9. The van der Waals surface area contributed by atoms with Crippen LogP contribution in [0.4, 0.5) is 0 Å². The molecule has 0 aliphatic rings. The smallest absolute Gasteiger partial charge is 0.313 e. The Bertz CT molecular complexity index is 558. The Kier molecular flexibility index (Phi) is 3.60. The second-order valence-corrected chi connectivity index (χ2v) is 4.69. The van der Waals surface area contributed by atoms with Gasteiger partial charge in [-0.2, -0.15) is 0 Å². The molecule has 0 saturated carbocycles. The standard InChI is InChI=1S/C15H17NO2/c1-10(2)14(15(17)18-3)12-6-4-5-11-7-8-16-9-13(11)12/h4-10,14H,1-3H3. The Hall–Kier alpha value is -1.90. The zero-order chi connectivity index (χ0) is 13.1. The van der Waals surface area contributed by atoms with E-state index in [9.17, 15) is 4.79 Å². The molecule has 1 aromatic carbocycles. The van der Waals surface area contributed by atoms with Gasteiger partial charge in [0.05, 0.1) is 13.0 Å². The Labute approximate surface area is 107 Å². The maximum Gasteiger partial charge on any atom is 0.313 e. The molecule has 94 valence electrons. The molecular weight excluding hydrogens is 226 g/mol. The average molecular weight is 243 g/mol. The summed E-state index contributed by atoms with van der Waals surface area (Å²) >= 11 is 0. The van der Waals surface area contributed by atoms with Gasteiger partial charge in [0.15, 0.2) is 0 Å². The third-order valence-corrected chi connectivity index (χ3v) is 3.17. The molecule has 1 heterocycles. The molecule has 2 rings (SSSR count). The minimum absolute atomic E-state index is 0.184. The van der Waals surface area contributed by atoms with Crippen LogP contribution in [0.25, 0.3) is 10.8 Å². The number of hydrogen-bond donors (Lipinski definition) is 0. The summed E-state index contributed by atoms with van der Waals surface area (Å²) in [5, 5.41) is 2.11. The number of aromatic nitrogens is 1. The molecule has 1 aromatic heterocycles. The normalized spacial score (nSPS) is 12.7. The Morgan fingerprint density at radius 1 is 1.28 bits per heavy atom. The maximum absolute atomic E-state index is 12.0. The van der Waals surface area contributed by atoms with E-state index in [4.69, 9.17) is 4.74 Å². The lowest BCUT2D eigenvalue weighted by molar-refractivity contribution is -0.143. The van der Waals surface area contributed by atoms with Gasteiger partial charge in [-0.05, 0) is 22.9 Å². The van der Waals surface area contributed by atoms with Crippen molar-refractivity contribution in [2.75, 3.05) is 7.11 Å². The number of methoxy groups -OCH3 is 1. The number of nitrogens with zero attached hydrogens (tertiary/aromatic N) is 1. The predicted octanol–water partition coefficient (Wildman–Crippen LogP) is 3.15. The average Bonchev–Trinajstić information content (AvgIpc) is 2.38. The molecule has 0 aliphatic carbocycles. The maximum atomic E-state index is 12.0. The van der Waals surface area contributed by atoms with Crippen molar-refractivity contribution in [3.05, 3.63) is 42.2 Å². The van der Waals surface area contributed by atoms with Gasteiger partial charge in [0.1, 0.15) is 0 Å². The minimum atomic E-state index is -0.247. The van der Waals surface area contributed by atoms with Crippen LogP contribution < -0.4 is 0 Å². The first-order valence-electron chi connectivity index (χ1n) is 6.05. The summed E-state index contributed by atoms with van der Waals surface area (Å²) in [6.45, 7) is 4.05. The zero-order valence-electron chi connectivity index (χ0n) is 10.9. The number of rotatable bonds is 3. The van der Waals surface area contributed by atoms with E-state index < -0.39 is 0 Å². The highest BCUT2D eigenvalue weighted by Gasteiger charge is 2.26. The van der Waals surface area contributed by atoms with Crippen LogP contribution in [0.3, 0.4) is 0 Å². The van der Waals surface area contributed by atoms with Crippen molar-refractivity contribution >= 4 is 16.7 Å². The number of fused-ring (bicyclic) bond motifs is 1. The van der Waals surface area contributed by atoms with Gasteiger partial charge in [-0.15, -0.1) is 0 Å². The molecule has 0 N–H and O–H groups in total. The highest BCUT2D eigenvalue weighted by Crippen LogP contribution is 2.31. The summed E-state index contributed by atoms with van der Waals surface area (Å²) in [4.78, 5) is 16.1. The number of hydrogen-bond acceptors (Lipinski definition) is 3. The van der Waals surface area contributed by atoms with E-state index in [0.29, 0.717) is 0 Å². The summed E-state index contributed by atoms with van der Waals surface area (Å²) < 4.78 is 4.92. The number of pyridine rings is 1. The number of benzene rings is 1. The van der Waals surface area contributed by atoms with E-state index in [-0.39, 0.29) is 17.8 Å². The van der Waals surface area contributed by atoms with Crippen molar-refractivity contribution in [3.8, 4) is 0 Å². The van der Waals surface area contributed by atoms with Crippen molar-refractivity contribution in [1.82, 2.24) is 4.98 Å². The summed E-state index contributed by atoms with van der Waals surface area (Å²) in [7, 11) is 1.43.